The van der Waals surface area contributed by atoms with E-state index in [1.807, 2.05) is 6.92 Å². The predicted molar refractivity (Wildman–Crippen MR) is 102 cm³/mol. The standard InChI is InChI=1S/C21H38O4/c1-5-6-16-21(25-20(4)23)17-14-12-10-8-7-9-11-13-15-18(2)24-19(3)22/h8,10,18,21H,5-7,9,11-17H2,1-4H3/b10-8-. The van der Waals surface area contributed by atoms with Crippen LogP contribution in [-0.2, 0) is 19.1 Å². The summed E-state index contributed by atoms with van der Waals surface area (Å²) in [5, 5.41) is 0. The zero-order chi connectivity index (χ0) is 18.9. The van der Waals surface area contributed by atoms with Gasteiger partial charge in [0.25, 0.3) is 0 Å². The summed E-state index contributed by atoms with van der Waals surface area (Å²) < 4.78 is 10.5. The normalized spacial score (nSPS) is 13.6. The van der Waals surface area contributed by atoms with Gasteiger partial charge in [-0.2, -0.15) is 0 Å². The van der Waals surface area contributed by atoms with E-state index >= 15 is 0 Å². The Balaban J connectivity index is 3.61. The van der Waals surface area contributed by atoms with Crippen molar-refractivity contribution < 1.29 is 19.1 Å². The number of carbonyl (C=O) groups excluding carboxylic acids is 2. The molecule has 0 saturated carbocycles. The van der Waals surface area contributed by atoms with Crippen molar-refractivity contribution in [3.8, 4) is 0 Å². The summed E-state index contributed by atoms with van der Waals surface area (Å²) in [5.74, 6) is -0.360. The number of carbonyl (C=O) groups is 2. The summed E-state index contributed by atoms with van der Waals surface area (Å²) in [7, 11) is 0. The van der Waals surface area contributed by atoms with Crippen molar-refractivity contribution in [3.05, 3.63) is 12.2 Å². The molecule has 0 heterocycles. The van der Waals surface area contributed by atoms with Gasteiger partial charge in [0.15, 0.2) is 0 Å². The molecule has 4 nitrogen and oxygen atoms in total. The number of esters is 2. The summed E-state index contributed by atoms with van der Waals surface area (Å²) >= 11 is 0. The quantitative estimate of drug-likeness (QED) is 0.214. The van der Waals surface area contributed by atoms with Gasteiger partial charge in [0, 0.05) is 13.8 Å². The van der Waals surface area contributed by atoms with Crippen LogP contribution in [0.3, 0.4) is 0 Å². The highest BCUT2D eigenvalue weighted by Gasteiger charge is 2.10. The average Bonchev–Trinajstić information content (AvgIpc) is 2.52. The Morgan fingerprint density at radius 2 is 1.40 bits per heavy atom. The maximum absolute atomic E-state index is 11.1. The van der Waals surface area contributed by atoms with Gasteiger partial charge < -0.3 is 9.47 Å². The van der Waals surface area contributed by atoms with Crippen molar-refractivity contribution in [1.82, 2.24) is 0 Å². The second kappa shape index (κ2) is 16.2. The molecule has 2 atom stereocenters. The Labute approximate surface area is 154 Å². The van der Waals surface area contributed by atoms with Gasteiger partial charge in [0.1, 0.15) is 6.10 Å². The van der Waals surface area contributed by atoms with E-state index in [0.29, 0.717) is 0 Å². The van der Waals surface area contributed by atoms with Gasteiger partial charge in [0.05, 0.1) is 6.10 Å². The molecular formula is C21H38O4. The SMILES string of the molecule is CCCCC(CCC/C=C\CCCCCC(C)OC(C)=O)OC(C)=O. The molecule has 0 aliphatic heterocycles. The number of hydrogen-bond acceptors (Lipinski definition) is 4. The van der Waals surface area contributed by atoms with Crippen LogP contribution < -0.4 is 0 Å². The van der Waals surface area contributed by atoms with Crippen LogP contribution in [0.4, 0.5) is 0 Å². The molecule has 0 aliphatic carbocycles. The van der Waals surface area contributed by atoms with Crippen molar-refractivity contribution in [2.75, 3.05) is 0 Å². The number of rotatable bonds is 15. The molecule has 0 aromatic heterocycles. The first kappa shape index (κ1) is 23.7. The molecule has 0 N–H and O–H groups in total. The maximum Gasteiger partial charge on any atom is 0.302 e. The van der Waals surface area contributed by atoms with E-state index in [9.17, 15) is 9.59 Å². The molecule has 0 amide bonds. The van der Waals surface area contributed by atoms with Crippen LogP contribution in [0.15, 0.2) is 12.2 Å². The molecule has 2 unspecified atom stereocenters. The van der Waals surface area contributed by atoms with Gasteiger partial charge in [0.2, 0.25) is 0 Å². The average molecular weight is 355 g/mol. The highest BCUT2D eigenvalue weighted by atomic mass is 16.5. The smallest absolute Gasteiger partial charge is 0.302 e. The fraction of sp³-hybridized carbons (Fsp3) is 0.810. The monoisotopic (exact) mass is 354 g/mol. The summed E-state index contributed by atoms with van der Waals surface area (Å²) in [6.45, 7) is 7.06. The van der Waals surface area contributed by atoms with Crippen LogP contribution in [0.5, 0.6) is 0 Å². The molecule has 0 rings (SSSR count). The van der Waals surface area contributed by atoms with E-state index in [4.69, 9.17) is 9.47 Å². The minimum Gasteiger partial charge on any atom is -0.463 e. The molecule has 25 heavy (non-hydrogen) atoms. The largest absolute Gasteiger partial charge is 0.463 e. The van der Waals surface area contributed by atoms with Crippen molar-refractivity contribution in [2.24, 2.45) is 0 Å². The molecule has 0 aromatic carbocycles. The highest BCUT2D eigenvalue weighted by molar-refractivity contribution is 5.66. The molecule has 0 radical (unpaired) electrons. The van der Waals surface area contributed by atoms with E-state index in [1.165, 1.54) is 26.7 Å². The third kappa shape index (κ3) is 17.3. The van der Waals surface area contributed by atoms with Crippen LogP contribution in [0.1, 0.15) is 98.3 Å². The third-order valence-corrected chi connectivity index (χ3v) is 4.12. The molecule has 0 spiro atoms. The van der Waals surface area contributed by atoms with E-state index in [-0.39, 0.29) is 24.1 Å². The van der Waals surface area contributed by atoms with Crippen LogP contribution in [0.2, 0.25) is 0 Å². The summed E-state index contributed by atoms with van der Waals surface area (Å²) in [6.07, 6.45) is 16.4. The first-order valence-electron chi connectivity index (χ1n) is 9.95. The predicted octanol–water partition coefficient (Wildman–Crippen LogP) is 5.74. The molecule has 146 valence electrons. The molecular weight excluding hydrogens is 316 g/mol. The van der Waals surface area contributed by atoms with Crippen LogP contribution in [-0.4, -0.2) is 24.1 Å². The lowest BCUT2D eigenvalue weighted by Gasteiger charge is -2.16. The molecule has 0 aromatic rings. The first-order chi connectivity index (χ1) is 12.0. The van der Waals surface area contributed by atoms with E-state index in [0.717, 1.165) is 57.8 Å². The Hall–Kier alpha value is -1.32. The lowest BCUT2D eigenvalue weighted by atomic mass is 10.1. The van der Waals surface area contributed by atoms with E-state index < -0.39 is 0 Å². The van der Waals surface area contributed by atoms with Crippen LogP contribution >= 0.6 is 0 Å². The van der Waals surface area contributed by atoms with Gasteiger partial charge in [-0.15, -0.1) is 0 Å². The number of unbranched alkanes of at least 4 members (excludes halogenated alkanes) is 5. The lowest BCUT2D eigenvalue weighted by Crippen LogP contribution is -2.16. The van der Waals surface area contributed by atoms with Gasteiger partial charge in [-0.05, 0) is 58.3 Å². The number of hydrogen-bond donors (Lipinski definition) is 0. The van der Waals surface area contributed by atoms with Gasteiger partial charge in [-0.1, -0.05) is 38.3 Å². The Morgan fingerprint density at radius 3 is 2.00 bits per heavy atom. The summed E-state index contributed by atoms with van der Waals surface area (Å²) in [6, 6.07) is 0. The minimum absolute atomic E-state index is 0.0333. The number of allylic oxidation sites excluding steroid dienone is 2. The highest BCUT2D eigenvalue weighted by Crippen LogP contribution is 2.14. The summed E-state index contributed by atoms with van der Waals surface area (Å²) in [5.41, 5.74) is 0. The second-order valence-corrected chi connectivity index (χ2v) is 6.83. The molecule has 0 aliphatic rings. The summed E-state index contributed by atoms with van der Waals surface area (Å²) in [4.78, 5) is 21.9. The zero-order valence-corrected chi connectivity index (χ0v) is 16.7. The Bertz CT molecular complexity index is 376. The lowest BCUT2D eigenvalue weighted by molar-refractivity contribution is -0.147. The topological polar surface area (TPSA) is 52.6 Å². The van der Waals surface area contributed by atoms with E-state index in [1.54, 1.807) is 0 Å². The van der Waals surface area contributed by atoms with Gasteiger partial charge in [-0.25, -0.2) is 0 Å². The third-order valence-electron chi connectivity index (χ3n) is 4.12. The number of ether oxygens (including phenoxy) is 2. The first-order valence-corrected chi connectivity index (χ1v) is 9.95. The molecule has 4 heteroatoms. The second-order valence-electron chi connectivity index (χ2n) is 6.83. The van der Waals surface area contributed by atoms with Crippen LogP contribution in [0.25, 0.3) is 0 Å². The fourth-order valence-corrected chi connectivity index (χ4v) is 2.84. The van der Waals surface area contributed by atoms with Crippen molar-refractivity contribution in [1.29, 1.82) is 0 Å². The molecule has 0 saturated heterocycles. The molecule has 0 fully saturated rings. The Kier molecular flexibility index (Phi) is 15.3. The van der Waals surface area contributed by atoms with Crippen LogP contribution in [0, 0.1) is 0 Å². The minimum atomic E-state index is -0.193. The fourth-order valence-electron chi connectivity index (χ4n) is 2.84. The van der Waals surface area contributed by atoms with Crippen molar-refractivity contribution in [3.63, 3.8) is 0 Å². The Morgan fingerprint density at radius 1 is 0.800 bits per heavy atom. The molecule has 0 bridgehead atoms. The zero-order valence-electron chi connectivity index (χ0n) is 16.7. The van der Waals surface area contributed by atoms with E-state index in [2.05, 4.69) is 19.1 Å². The van der Waals surface area contributed by atoms with Crippen molar-refractivity contribution >= 4 is 11.9 Å². The van der Waals surface area contributed by atoms with Gasteiger partial charge >= 0.3 is 11.9 Å². The van der Waals surface area contributed by atoms with Gasteiger partial charge in [-0.3, -0.25) is 9.59 Å². The maximum atomic E-state index is 11.1. The van der Waals surface area contributed by atoms with Crippen molar-refractivity contribution in [2.45, 2.75) is 111 Å².